The monoisotopic (exact) mass is 422 g/mol. The molecule has 4 rings (SSSR count). The molecule has 0 saturated carbocycles. The number of likely N-dealkylation sites (tertiary alicyclic amines) is 1. The Balaban J connectivity index is 1.27. The fraction of sp³-hybridized carbons (Fsp3) is 0.348. The predicted molar refractivity (Wildman–Crippen MR) is 119 cm³/mol. The number of rotatable bonds is 7. The molecular weight excluding hydrogens is 396 g/mol. The third-order valence-electron chi connectivity index (χ3n) is 5.52. The van der Waals surface area contributed by atoms with E-state index in [2.05, 4.69) is 22.5 Å². The Morgan fingerprint density at radius 1 is 1.10 bits per heavy atom. The largest absolute Gasteiger partial charge is 0.338 e. The number of nitrogens with zero attached hydrogens (tertiary/aromatic N) is 3. The number of benzene rings is 1. The van der Waals surface area contributed by atoms with Gasteiger partial charge >= 0.3 is 0 Å². The fourth-order valence-electron chi connectivity index (χ4n) is 3.89. The first-order valence-corrected chi connectivity index (χ1v) is 11.3. The van der Waals surface area contributed by atoms with Crippen LogP contribution < -0.4 is 5.32 Å². The van der Waals surface area contributed by atoms with Gasteiger partial charge in [-0.05, 0) is 42.7 Å². The van der Waals surface area contributed by atoms with Crippen LogP contribution in [-0.2, 0) is 11.2 Å². The van der Waals surface area contributed by atoms with E-state index < -0.39 is 0 Å². The van der Waals surface area contributed by atoms with Crippen molar-refractivity contribution in [1.29, 1.82) is 0 Å². The normalized spacial score (nSPS) is 14.6. The Morgan fingerprint density at radius 2 is 1.90 bits per heavy atom. The second-order valence-electron chi connectivity index (χ2n) is 7.58. The molecule has 1 N–H and O–H groups in total. The van der Waals surface area contributed by atoms with E-state index in [4.69, 9.17) is 0 Å². The maximum Gasteiger partial charge on any atom is 0.254 e. The number of hydrogen-bond acceptors (Lipinski definition) is 4. The maximum atomic E-state index is 12.5. The lowest BCUT2D eigenvalue weighted by Gasteiger charge is -2.32. The third-order valence-corrected chi connectivity index (χ3v) is 6.20. The number of carbonyl (C=O) groups excluding carboxylic acids is 2. The van der Waals surface area contributed by atoms with Gasteiger partial charge in [0.2, 0.25) is 5.91 Å². The summed E-state index contributed by atoms with van der Waals surface area (Å²) in [5, 5.41) is 11.3. The minimum Gasteiger partial charge on any atom is -0.338 e. The number of hydrogen-bond donors (Lipinski definition) is 1. The lowest BCUT2D eigenvalue weighted by atomic mass is 10.0. The van der Waals surface area contributed by atoms with Gasteiger partial charge in [-0.2, -0.15) is 16.4 Å². The number of thiophene rings is 1. The van der Waals surface area contributed by atoms with Crippen molar-refractivity contribution in [3.8, 4) is 0 Å². The Bertz CT molecular complexity index is 960. The molecule has 0 aliphatic carbocycles. The van der Waals surface area contributed by atoms with Gasteiger partial charge in [-0.25, -0.2) is 4.68 Å². The molecule has 7 heteroatoms. The minimum absolute atomic E-state index is 0.0118. The lowest BCUT2D eigenvalue weighted by Crippen LogP contribution is -2.39. The molecule has 0 bridgehead atoms. The molecule has 0 atom stereocenters. The highest BCUT2D eigenvalue weighted by Gasteiger charge is 2.26. The maximum absolute atomic E-state index is 12.5. The van der Waals surface area contributed by atoms with Crippen LogP contribution in [0, 0.1) is 0 Å². The summed E-state index contributed by atoms with van der Waals surface area (Å²) >= 11 is 1.54. The van der Waals surface area contributed by atoms with Crippen LogP contribution in [0.4, 0.5) is 5.82 Å². The first kappa shape index (κ1) is 20.3. The number of aromatic nitrogens is 2. The van der Waals surface area contributed by atoms with Crippen molar-refractivity contribution < 1.29 is 9.59 Å². The molecule has 2 amide bonds. The molecule has 3 heterocycles. The van der Waals surface area contributed by atoms with Gasteiger partial charge in [-0.3, -0.25) is 9.59 Å². The molecule has 0 unspecified atom stereocenters. The molecule has 1 aliphatic heterocycles. The molecule has 6 nitrogen and oxygen atoms in total. The first-order chi connectivity index (χ1) is 14.7. The first-order valence-electron chi connectivity index (χ1n) is 10.4. The molecule has 30 heavy (non-hydrogen) atoms. The third kappa shape index (κ3) is 4.97. The number of amides is 2. The molecule has 0 spiro atoms. The van der Waals surface area contributed by atoms with Gasteiger partial charge in [-0.1, -0.05) is 30.3 Å². The molecular formula is C23H26N4O2S. The zero-order valence-electron chi connectivity index (χ0n) is 16.9. The molecule has 1 fully saturated rings. The van der Waals surface area contributed by atoms with E-state index in [1.165, 1.54) is 5.56 Å². The van der Waals surface area contributed by atoms with Crippen LogP contribution in [0.1, 0.15) is 47.6 Å². The van der Waals surface area contributed by atoms with Gasteiger partial charge in [-0.15, -0.1) is 0 Å². The van der Waals surface area contributed by atoms with Gasteiger partial charge in [0.1, 0.15) is 5.82 Å². The zero-order chi connectivity index (χ0) is 20.8. The number of nitrogens with one attached hydrogen (secondary N) is 1. The van der Waals surface area contributed by atoms with E-state index in [9.17, 15) is 9.59 Å². The number of piperidine rings is 1. The quantitative estimate of drug-likeness (QED) is 0.614. The molecule has 3 aromatic rings. The minimum atomic E-state index is 0.0118. The molecule has 0 radical (unpaired) electrons. The second kappa shape index (κ2) is 9.71. The summed E-state index contributed by atoms with van der Waals surface area (Å²) in [5.74, 6) is 0.849. The summed E-state index contributed by atoms with van der Waals surface area (Å²) in [7, 11) is 0. The average molecular weight is 423 g/mol. The van der Waals surface area contributed by atoms with Gasteiger partial charge in [0.05, 0.1) is 17.8 Å². The van der Waals surface area contributed by atoms with Crippen molar-refractivity contribution in [3.05, 3.63) is 70.5 Å². The Morgan fingerprint density at radius 3 is 2.63 bits per heavy atom. The highest BCUT2D eigenvalue weighted by Crippen LogP contribution is 2.26. The zero-order valence-corrected chi connectivity index (χ0v) is 17.7. The Kier molecular flexibility index (Phi) is 6.59. The standard InChI is InChI=1S/C23H26N4O2S/c28-22(8-4-7-18-5-2-1-3-6-18)25-21-9-13-24-27(21)20-10-14-26(15-11-20)23(29)19-12-16-30-17-19/h1-3,5-6,9,12-13,16-17,20H,4,7-8,10-11,14-15H2,(H,25,28). The van der Waals surface area contributed by atoms with Crippen molar-refractivity contribution in [1.82, 2.24) is 14.7 Å². The number of aryl methyl sites for hydroxylation is 1. The highest BCUT2D eigenvalue weighted by atomic mass is 32.1. The second-order valence-corrected chi connectivity index (χ2v) is 8.36. The smallest absolute Gasteiger partial charge is 0.254 e. The molecule has 1 aromatic carbocycles. The van der Waals surface area contributed by atoms with E-state index in [1.807, 2.05) is 50.7 Å². The van der Waals surface area contributed by atoms with Crippen molar-refractivity contribution >= 4 is 29.0 Å². The fourth-order valence-corrected chi connectivity index (χ4v) is 4.52. The van der Waals surface area contributed by atoms with Crippen molar-refractivity contribution in [2.45, 2.75) is 38.1 Å². The van der Waals surface area contributed by atoms with Crippen molar-refractivity contribution in [3.63, 3.8) is 0 Å². The van der Waals surface area contributed by atoms with Crippen LogP contribution in [0.25, 0.3) is 0 Å². The predicted octanol–water partition coefficient (Wildman–Crippen LogP) is 4.38. The van der Waals surface area contributed by atoms with Gasteiger partial charge in [0.15, 0.2) is 0 Å². The van der Waals surface area contributed by atoms with Crippen molar-refractivity contribution in [2.24, 2.45) is 0 Å². The summed E-state index contributed by atoms with van der Waals surface area (Å²) in [5.41, 5.74) is 2.01. The lowest BCUT2D eigenvalue weighted by molar-refractivity contribution is -0.116. The number of anilines is 1. The Hall–Kier alpha value is -2.93. The SMILES string of the molecule is O=C(CCCc1ccccc1)Nc1ccnn1C1CCN(C(=O)c2ccsc2)CC1. The van der Waals surface area contributed by atoms with Gasteiger partial charge in [0.25, 0.3) is 5.91 Å². The molecule has 2 aromatic heterocycles. The van der Waals surface area contributed by atoms with Crippen LogP contribution in [0.5, 0.6) is 0 Å². The Labute approximate surface area is 180 Å². The van der Waals surface area contributed by atoms with Gasteiger partial charge in [0, 0.05) is 31.0 Å². The summed E-state index contributed by atoms with van der Waals surface area (Å²) < 4.78 is 1.90. The number of carbonyl (C=O) groups is 2. The van der Waals surface area contributed by atoms with Crippen LogP contribution >= 0.6 is 11.3 Å². The van der Waals surface area contributed by atoms with E-state index in [-0.39, 0.29) is 17.9 Å². The molecule has 1 saturated heterocycles. The summed E-state index contributed by atoms with van der Waals surface area (Å²) in [4.78, 5) is 26.8. The van der Waals surface area contributed by atoms with Gasteiger partial charge < -0.3 is 10.2 Å². The summed E-state index contributed by atoms with van der Waals surface area (Å²) in [6, 6.07) is 14.1. The highest BCUT2D eigenvalue weighted by molar-refractivity contribution is 7.08. The van der Waals surface area contributed by atoms with Crippen LogP contribution in [0.3, 0.4) is 0 Å². The summed E-state index contributed by atoms with van der Waals surface area (Å²) in [6.45, 7) is 1.40. The topological polar surface area (TPSA) is 67.2 Å². The summed E-state index contributed by atoms with van der Waals surface area (Å²) in [6.07, 6.45) is 5.57. The molecule has 1 aliphatic rings. The molecule has 156 valence electrons. The van der Waals surface area contributed by atoms with E-state index in [1.54, 1.807) is 17.5 Å². The van der Waals surface area contributed by atoms with Crippen molar-refractivity contribution in [2.75, 3.05) is 18.4 Å². The van der Waals surface area contributed by atoms with Crippen LogP contribution in [0.2, 0.25) is 0 Å². The van der Waals surface area contributed by atoms with E-state index in [0.717, 1.165) is 37.1 Å². The van der Waals surface area contributed by atoms with Crippen LogP contribution in [0.15, 0.2) is 59.4 Å². The van der Waals surface area contributed by atoms with Crippen LogP contribution in [-0.4, -0.2) is 39.6 Å². The average Bonchev–Trinajstić information content (AvgIpc) is 3.47. The van der Waals surface area contributed by atoms with E-state index >= 15 is 0 Å². The van der Waals surface area contributed by atoms with E-state index in [0.29, 0.717) is 19.5 Å².